The molecule has 1 amide bonds. The summed E-state index contributed by atoms with van der Waals surface area (Å²) in [6, 6.07) is 8.32. The minimum atomic E-state index is -3.22. The van der Waals surface area contributed by atoms with Crippen molar-refractivity contribution in [2.45, 2.75) is 76.9 Å². The van der Waals surface area contributed by atoms with E-state index in [1.54, 1.807) is 4.31 Å². The van der Waals surface area contributed by atoms with Gasteiger partial charge in [-0.05, 0) is 49.7 Å². The molecule has 1 N–H and O–H groups in total. The molecule has 6 heteroatoms. The minimum absolute atomic E-state index is 0.0484. The molecule has 4 rings (SSSR count). The Morgan fingerprint density at radius 2 is 1.81 bits per heavy atom. The maximum atomic E-state index is 13.3. The van der Waals surface area contributed by atoms with E-state index in [4.69, 9.17) is 0 Å². The first kappa shape index (κ1) is 18.9. The number of amides is 1. The molecule has 5 nitrogen and oxygen atoms in total. The number of nitrogens with one attached hydrogen (secondary N) is 1. The topological polar surface area (TPSA) is 66.5 Å². The number of hydrogen-bond donors (Lipinski definition) is 1. The predicted molar refractivity (Wildman–Crippen MR) is 106 cm³/mol. The number of carbonyl (C=O) groups excluding carboxylic acids is 1. The Labute approximate surface area is 162 Å². The Kier molecular flexibility index (Phi) is 5.06. The molecule has 1 aliphatic heterocycles. The van der Waals surface area contributed by atoms with Crippen molar-refractivity contribution >= 4 is 15.9 Å². The first-order valence-electron chi connectivity index (χ1n) is 10.3. The highest BCUT2D eigenvalue weighted by Gasteiger charge is 2.58. The van der Waals surface area contributed by atoms with Crippen molar-refractivity contribution < 1.29 is 13.2 Å². The van der Waals surface area contributed by atoms with Gasteiger partial charge in [-0.15, -0.1) is 0 Å². The average Bonchev–Trinajstić information content (AvgIpc) is 3.50. The highest BCUT2D eigenvalue weighted by atomic mass is 32.2. The molecule has 2 atom stereocenters. The van der Waals surface area contributed by atoms with Gasteiger partial charge in [0.15, 0.2) is 0 Å². The second-order valence-electron chi connectivity index (χ2n) is 8.40. The molecule has 2 saturated carbocycles. The van der Waals surface area contributed by atoms with Gasteiger partial charge < -0.3 is 5.32 Å². The molecular formula is C21H30N2O3S. The monoisotopic (exact) mass is 390 g/mol. The summed E-state index contributed by atoms with van der Waals surface area (Å²) in [6.45, 7) is 2.63. The SMILES string of the molecule is CCc1ccc(CNC(=O)[C@@]23CCCC[C@H]2N(C2CC2)S(=O)(=O)CC3)cc1. The third kappa shape index (κ3) is 3.54. The Morgan fingerprint density at radius 1 is 1.11 bits per heavy atom. The standard InChI is InChI=1S/C21H30N2O3S/c1-2-16-6-8-17(9-7-16)15-22-20(24)21-12-4-3-5-19(21)23(18-10-11-18)27(25,26)14-13-21/h6-9,18-19H,2-5,10-15H2,1H3,(H,22,24)/t19-,21-/m1/s1. The lowest BCUT2D eigenvalue weighted by atomic mass is 9.67. The molecule has 0 radical (unpaired) electrons. The number of nitrogens with zero attached hydrogens (tertiary/aromatic N) is 1. The molecule has 0 aromatic heterocycles. The van der Waals surface area contributed by atoms with Gasteiger partial charge in [-0.25, -0.2) is 8.42 Å². The van der Waals surface area contributed by atoms with Crippen LogP contribution in [0.1, 0.15) is 63.0 Å². The Morgan fingerprint density at radius 3 is 2.48 bits per heavy atom. The molecule has 148 valence electrons. The van der Waals surface area contributed by atoms with E-state index in [9.17, 15) is 13.2 Å². The number of carbonyl (C=O) groups is 1. The van der Waals surface area contributed by atoms with E-state index in [2.05, 4.69) is 36.5 Å². The molecule has 3 fully saturated rings. The molecule has 2 aliphatic carbocycles. The van der Waals surface area contributed by atoms with Gasteiger partial charge in [-0.1, -0.05) is 44.0 Å². The molecule has 0 bridgehead atoms. The van der Waals surface area contributed by atoms with Crippen molar-refractivity contribution in [3.05, 3.63) is 35.4 Å². The fraction of sp³-hybridized carbons (Fsp3) is 0.667. The van der Waals surface area contributed by atoms with Crippen molar-refractivity contribution in [1.29, 1.82) is 0 Å². The van der Waals surface area contributed by atoms with Crippen molar-refractivity contribution in [2.24, 2.45) is 5.41 Å². The maximum Gasteiger partial charge on any atom is 0.228 e. The van der Waals surface area contributed by atoms with Crippen molar-refractivity contribution in [3.63, 3.8) is 0 Å². The van der Waals surface area contributed by atoms with Gasteiger partial charge in [0.2, 0.25) is 15.9 Å². The van der Waals surface area contributed by atoms with Crippen molar-refractivity contribution in [1.82, 2.24) is 9.62 Å². The summed E-state index contributed by atoms with van der Waals surface area (Å²) in [5.74, 6) is 0.158. The largest absolute Gasteiger partial charge is 0.351 e. The summed E-state index contributed by atoms with van der Waals surface area (Å²) in [5.41, 5.74) is 1.83. The van der Waals surface area contributed by atoms with Gasteiger partial charge in [-0.3, -0.25) is 4.79 Å². The van der Waals surface area contributed by atoms with E-state index in [0.717, 1.165) is 50.5 Å². The van der Waals surface area contributed by atoms with Crippen LogP contribution < -0.4 is 5.32 Å². The van der Waals surface area contributed by atoms with Crippen LogP contribution in [0.3, 0.4) is 0 Å². The molecule has 1 heterocycles. The van der Waals surface area contributed by atoms with Crippen LogP contribution in [-0.4, -0.2) is 36.5 Å². The Balaban J connectivity index is 1.53. The third-order valence-electron chi connectivity index (χ3n) is 6.67. The molecule has 0 spiro atoms. The van der Waals surface area contributed by atoms with E-state index < -0.39 is 15.4 Å². The number of hydrogen-bond acceptors (Lipinski definition) is 3. The summed E-state index contributed by atoms with van der Waals surface area (Å²) in [7, 11) is -3.22. The second-order valence-corrected chi connectivity index (χ2v) is 10.4. The van der Waals surface area contributed by atoms with Gasteiger partial charge in [0, 0.05) is 18.6 Å². The first-order chi connectivity index (χ1) is 13.0. The molecule has 1 aromatic rings. The quantitative estimate of drug-likeness (QED) is 0.840. The fourth-order valence-electron chi connectivity index (χ4n) is 4.93. The van der Waals surface area contributed by atoms with Crippen LogP contribution in [0.15, 0.2) is 24.3 Å². The van der Waals surface area contributed by atoms with Crippen LogP contribution in [0.2, 0.25) is 0 Å². The molecular weight excluding hydrogens is 360 g/mol. The lowest BCUT2D eigenvalue weighted by Gasteiger charge is -2.51. The average molecular weight is 391 g/mol. The van der Waals surface area contributed by atoms with Gasteiger partial charge in [0.25, 0.3) is 0 Å². The predicted octanol–water partition coefficient (Wildman–Crippen LogP) is 2.99. The summed E-state index contributed by atoms with van der Waals surface area (Å²) >= 11 is 0. The van der Waals surface area contributed by atoms with E-state index in [0.29, 0.717) is 13.0 Å². The van der Waals surface area contributed by atoms with Crippen molar-refractivity contribution in [2.75, 3.05) is 5.75 Å². The third-order valence-corrected chi connectivity index (χ3v) is 8.58. The second kappa shape index (κ2) is 7.21. The highest BCUT2D eigenvalue weighted by Crippen LogP contribution is 2.50. The van der Waals surface area contributed by atoms with Crippen LogP contribution in [0, 0.1) is 5.41 Å². The van der Waals surface area contributed by atoms with E-state index >= 15 is 0 Å². The maximum absolute atomic E-state index is 13.3. The first-order valence-corrected chi connectivity index (χ1v) is 11.9. The molecule has 1 saturated heterocycles. The number of rotatable bonds is 5. The van der Waals surface area contributed by atoms with Crippen LogP contribution in [0.5, 0.6) is 0 Å². The van der Waals surface area contributed by atoms with E-state index in [1.807, 2.05) is 0 Å². The van der Waals surface area contributed by atoms with Gasteiger partial charge >= 0.3 is 0 Å². The molecule has 3 aliphatic rings. The lowest BCUT2D eigenvalue weighted by molar-refractivity contribution is -0.137. The van der Waals surface area contributed by atoms with E-state index in [1.165, 1.54) is 5.56 Å². The van der Waals surface area contributed by atoms with Crippen molar-refractivity contribution in [3.8, 4) is 0 Å². The number of aryl methyl sites for hydroxylation is 1. The summed E-state index contributed by atoms with van der Waals surface area (Å²) < 4.78 is 27.2. The smallest absolute Gasteiger partial charge is 0.228 e. The number of sulfonamides is 1. The summed E-state index contributed by atoms with van der Waals surface area (Å²) in [4.78, 5) is 13.3. The van der Waals surface area contributed by atoms with Crippen LogP contribution in [-0.2, 0) is 27.8 Å². The van der Waals surface area contributed by atoms with Gasteiger partial charge in [0.05, 0.1) is 11.2 Å². The zero-order valence-electron chi connectivity index (χ0n) is 16.1. The highest BCUT2D eigenvalue weighted by molar-refractivity contribution is 7.89. The fourth-order valence-corrected chi connectivity index (χ4v) is 7.13. The minimum Gasteiger partial charge on any atom is -0.351 e. The zero-order valence-corrected chi connectivity index (χ0v) is 16.9. The van der Waals surface area contributed by atoms with Gasteiger partial charge in [0.1, 0.15) is 0 Å². The van der Waals surface area contributed by atoms with Crippen LogP contribution in [0.25, 0.3) is 0 Å². The summed E-state index contributed by atoms with van der Waals surface area (Å²) in [5, 5.41) is 3.14. The van der Waals surface area contributed by atoms with Crippen LogP contribution >= 0.6 is 0 Å². The molecule has 1 aromatic carbocycles. The Bertz CT molecular complexity index is 801. The normalized spacial score (nSPS) is 30.5. The van der Waals surface area contributed by atoms with Crippen LogP contribution in [0.4, 0.5) is 0 Å². The van der Waals surface area contributed by atoms with Gasteiger partial charge in [-0.2, -0.15) is 4.31 Å². The molecule has 27 heavy (non-hydrogen) atoms. The zero-order chi connectivity index (χ0) is 19.1. The molecule has 0 unspecified atom stereocenters. The van der Waals surface area contributed by atoms with E-state index in [-0.39, 0.29) is 23.7 Å². The Hall–Kier alpha value is -1.40. The lowest BCUT2D eigenvalue weighted by Crippen LogP contribution is -2.63. The number of fused-ring (bicyclic) bond motifs is 1. The number of benzene rings is 1. The summed E-state index contributed by atoms with van der Waals surface area (Å²) in [6.07, 6.45) is 6.98.